The van der Waals surface area contributed by atoms with Gasteiger partial charge in [0.25, 0.3) is 0 Å². The Morgan fingerprint density at radius 3 is 2.71 bits per heavy atom. The second-order valence-electron chi connectivity index (χ2n) is 5.33. The molecular weight excluding hydrogens is 268 g/mol. The van der Waals surface area contributed by atoms with Crippen molar-refractivity contribution >= 4 is 0 Å². The zero-order valence-electron chi connectivity index (χ0n) is 12.0. The summed E-state index contributed by atoms with van der Waals surface area (Å²) in [5.41, 5.74) is 2.74. The van der Waals surface area contributed by atoms with E-state index in [1.54, 1.807) is 12.1 Å². The number of phenols is 1. The van der Waals surface area contributed by atoms with Gasteiger partial charge in [-0.05, 0) is 36.8 Å². The number of rotatable bonds is 2. The molecule has 2 unspecified atom stereocenters. The van der Waals surface area contributed by atoms with Crippen LogP contribution in [0.25, 0.3) is 0 Å². The summed E-state index contributed by atoms with van der Waals surface area (Å²) in [5.74, 6) is 1.19. The van der Waals surface area contributed by atoms with E-state index in [-0.39, 0.29) is 11.9 Å². The van der Waals surface area contributed by atoms with Crippen LogP contribution in [0.2, 0.25) is 0 Å². The second-order valence-corrected chi connectivity index (χ2v) is 5.33. The van der Waals surface area contributed by atoms with E-state index in [1.807, 2.05) is 31.2 Å². The topological polar surface area (TPSA) is 58.9 Å². The molecule has 0 aromatic heterocycles. The lowest BCUT2D eigenvalue weighted by atomic mass is 9.94. The van der Waals surface area contributed by atoms with Gasteiger partial charge in [0.05, 0.1) is 13.2 Å². The quantitative estimate of drug-likeness (QED) is 0.889. The number of hydrogen-bond donors (Lipinski definition) is 2. The molecular formula is C17H18O4. The van der Waals surface area contributed by atoms with Gasteiger partial charge in [0.2, 0.25) is 0 Å². The van der Waals surface area contributed by atoms with Gasteiger partial charge in [-0.2, -0.15) is 0 Å². The molecule has 21 heavy (non-hydrogen) atoms. The third kappa shape index (κ3) is 2.54. The van der Waals surface area contributed by atoms with E-state index in [4.69, 9.17) is 9.47 Å². The number of aliphatic hydroxyl groups excluding tert-OH is 1. The number of aliphatic hydroxyl groups is 1. The number of aryl methyl sites for hydroxylation is 1. The summed E-state index contributed by atoms with van der Waals surface area (Å²) in [6, 6.07) is 10.9. The molecule has 2 atom stereocenters. The third-order valence-corrected chi connectivity index (χ3v) is 3.81. The van der Waals surface area contributed by atoms with Crippen LogP contribution < -0.4 is 9.47 Å². The molecule has 0 amide bonds. The van der Waals surface area contributed by atoms with E-state index in [0.29, 0.717) is 17.9 Å². The van der Waals surface area contributed by atoms with Crippen LogP contribution >= 0.6 is 0 Å². The zero-order valence-corrected chi connectivity index (χ0v) is 12.0. The molecule has 0 fully saturated rings. The normalized spacial score (nSPS) is 20.5. The van der Waals surface area contributed by atoms with Gasteiger partial charge in [-0.15, -0.1) is 0 Å². The van der Waals surface area contributed by atoms with Gasteiger partial charge in [-0.1, -0.05) is 17.7 Å². The van der Waals surface area contributed by atoms with E-state index < -0.39 is 6.10 Å². The Hall–Kier alpha value is -2.20. The minimum atomic E-state index is -0.567. The maximum absolute atomic E-state index is 10.3. The van der Waals surface area contributed by atoms with Crippen molar-refractivity contribution in [1.29, 1.82) is 0 Å². The van der Waals surface area contributed by atoms with Crippen molar-refractivity contribution in [2.45, 2.75) is 25.6 Å². The van der Waals surface area contributed by atoms with E-state index in [9.17, 15) is 10.2 Å². The molecule has 0 aliphatic carbocycles. The predicted molar refractivity (Wildman–Crippen MR) is 78.8 cm³/mol. The van der Waals surface area contributed by atoms with Crippen molar-refractivity contribution in [2.75, 3.05) is 7.11 Å². The first kappa shape index (κ1) is 13.8. The fourth-order valence-corrected chi connectivity index (χ4v) is 2.68. The highest BCUT2D eigenvalue weighted by Crippen LogP contribution is 2.42. The fraction of sp³-hybridized carbons (Fsp3) is 0.294. The number of fused-ring (bicyclic) bond motifs is 1. The van der Waals surface area contributed by atoms with Crippen molar-refractivity contribution in [3.05, 3.63) is 53.1 Å². The SMILES string of the molecule is COc1ccc(C2CC(O)c3cc(C)ccc3O2)cc1O. The summed E-state index contributed by atoms with van der Waals surface area (Å²) in [6.45, 7) is 1.99. The zero-order chi connectivity index (χ0) is 15.0. The smallest absolute Gasteiger partial charge is 0.160 e. The highest BCUT2D eigenvalue weighted by atomic mass is 16.5. The second kappa shape index (κ2) is 5.30. The molecule has 1 aliphatic rings. The fourth-order valence-electron chi connectivity index (χ4n) is 2.68. The highest BCUT2D eigenvalue weighted by Gasteiger charge is 2.28. The number of hydrogen-bond acceptors (Lipinski definition) is 4. The molecule has 4 nitrogen and oxygen atoms in total. The van der Waals surface area contributed by atoms with Gasteiger partial charge in [-0.25, -0.2) is 0 Å². The Morgan fingerprint density at radius 2 is 2.00 bits per heavy atom. The average Bonchev–Trinajstić information content (AvgIpc) is 2.47. The predicted octanol–water partition coefficient (Wildman–Crippen LogP) is 3.27. The summed E-state index contributed by atoms with van der Waals surface area (Å²) in [4.78, 5) is 0. The molecule has 1 heterocycles. The van der Waals surface area contributed by atoms with Gasteiger partial charge in [0, 0.05) is 12.0 Å². The molecule has 110 valence electrons. The monoisotopic (exact) mass is 286 g/mol. The van der Waals surface area contributed by atoms with Crippen LogP contribution in [0.15, 0.2) is 36.4 Å². The maximum atomic E-state index is 10.3. The molecule has 0 saturated carbocycles. The molecule has 2 aromatic rings. The van der Waals surface area contributed by atoms with E-state index in [0.717, 1.165) is 16.7 Å². The first-order chi connectivity index (χ1) is 10.1. The van der Waals surface area contributed by atoms with Crippen molar-refractivity contribution in [1.82, 2.24) is 0 Å². The lowest BCUT2D eigenvalue weighted by molar-refractivity contribution is 0.0655. The first-order valence-electron chi connectivity index (χ1n) is 6.90. The van der Waals surface area contributed by atoms with Crippen LogP contribution in [-0.4, -0.2) is 17.3 Å². The number of benzene rings is 2. The van der Waals surface area contributed by atoms with Crippen LogP contribution in [0.5, 0.6) is 17.2 Å². The van der Waals surface area contributed by atoms with Crippen molar-refractivity contribution < 1.29 is 19.7 Å². The third-order valence-electron chi connectivity index (χ3n) is 3.81. The average molecular weight is 286 g/mol. The Bertz CT molecular complexity index is 666. The van der Waals surface area contributed by atoms with Crippen LogP contribution in [0, 0.1) is 6.92 Å². The molecule has 2 N–H and O–H groups in total. The van der Waals surface area contributed by atoms with E-state index >= 15 is 0 Å². The lowest BCUT2D eigenvalue weighted by Crippen LogP contribution is -2.19. The molecule has 0 saturated heterocycles. The molecule has 4 heteroatoms. The summed E-state index contributed by atoms with van der Waals surface area (Å²) < 4.78 is 11.0. The van der Waals surface area contributed by atoms with Crippen LogP contribution in [0.4, 0.5) is 0 Å². The molecule has 3 rings (SSSR count). The molecule has 1 aliphatic heterocycles. The first-order valence-corrected chi connectivity index (χ1v) is 6.90. The minimum Gasteiger partial charge on any atom is -0.504 e. The van der Waals surface area contributed by atoms with E-state index in [1.165, 1.54) is 7.11 Å². The number of aromatic hydroxyl groups is 1. The lowest BCUT2D eigenvalue weighted by Gasteiger charge is -2.30. The molecule has 2 aromatic carbocycles. The summed E-state index contributed by atoms with van der Waals surface area (Å²) >= 11 is 0. The highest BCUT2D eigenvalue weighted by molar-refractivity contribution is 5.45. The van der Waals surface area contributed by atoms with Gasteiger partial charge in [0.15, 0.2) is 11.5 Å². The van der Waals surface area contributed by atoms with Crippen molar-refractivity contribution in [3.8, 4) is 17.2 Å². The van der Waals surface area contributed by atoms with Crippen LogP contribution in [0.1, 0.15) is 35.3 Å². The number of methoxy groups -OCH3 is 1. The Labute approximate surface area is 123 Å². The molecule has 0 spiro atoms. The van der Waals surface area contributed by atoms with Crippen molar-refractivity contribution in [2.24, 2.45) is 0 Å². The Balaban J connectivity index is 1.92. The summed E-state index contributed by atoms with van der Waals surface area (Å²) in [5, 5.41) is 20.2. The Kier molecular flexibility index (Phi) is 3.47. The Morgan fingerprint density at radius 1 is 1.19 bits per heavy atom. The minimum absolute atomic E-state index is 0.0720. The van der Waals surface area contributed by atoms with Gasteiger partial charge < -0.3 is 19.7 Å². The standard InChI is InChI=1S/C17H18O4/c1-10-3-5-15-12(7-10)13(18)9-17(21-15)11-4-6-16(20-2)14(19)8-11/h3-8,13,17-19H,9H2,1-2H3. The summed E-state index contributed by atoms with van der Waals surface area (Å²) in [6.07, 6.45) is -0.391. The molecule has 0 bridgehead atoms. The van der Waals surface area contributed by atoms with Gasteiger partial charge in [-0.3, -0.25) is 0 Å². The number of ether oxygens (including phenoxy) is 2. The van der Waals surface area contributed by atoms with Gasteiger partial charge in [0.1, 0.15) is 11.9 Å². The number of phenolic OH excluding ortho intramolecular Hbond substituents is 1. The largest absolute Gasteiger partial charge is 0.504 e. The maximum Gasteiger partial charge on any atom is 0.160 e. The van der Waals surface area contributed by atoms with E-state index in [2.05, 4.69) is 0 Å². The van der Waals surface area contributed by atoms with Crippen LogP contribution in [0.3, 0.4) is 0 Å². The molecule has 0 radical (unpaired) electrons. The van der Waals surface area contributed by atoms with Crippen LogP contribution in [-0.2, 0) is 0 Å². The van der Waals surface area contributed by atoms with Gasteiger partial charge >= 0.3 is 0 Å². The van der Waals surface area contributed by atoms with Crippen molar-refractivity contribution in [3.63, 3.8) is 0 Å². The summed E-state index contributed by atoms with van der Waals surface area (Å²) in [7, 11) is 1.51.